The molecular weight excluding hydrogens is 168 g/mol. The maximum atomic E-state index is 9.04. The minimum Gasteiger partial charge on any atom is -0.394 e. The van der Waals surface area contributed by atoms with E-state index in [1.165, 1.54) is 0 Å². The van der Waals surface area contributed by atoms with Crippen LogP contribution in [0.25, 0.3) is 0 Å². The average molecular weight is 186 g/mol. The molecule has 0 aromatic heterocycles. The molecule has 76 valence electrons. The summed E-state index contributed by atoms with van der Waals surface area (Å²) in [6.07, 6.45) is 3.20. The Kier molecular flexibility index (Phi) is 3.69. The monoisotopic (exact) mass is 186 g/mol. The Labute approximate surface area is 78.7 Å². The molecule has 0 aromatic rings. The Morgan fingerprint density at radius 3 is 2.54 bits per heavy atom. The molecule has 0 atom stereocenters. The first kappa shape index (κ1) is 10.5. The zero-order valence-electron chi connectivity index (χ0n) is 8.08. The van der Waals surface area contributed by atoms with E-state index in [0.29, 0.717) is 0 Å². The van der Waals surface area contributed by atoms with Gasteiger partial charge >= 0.3 is 0 Å². The minimum absolute atomic E-state index is 0.0808. The van der Waals surface area contributed by atoms with Gasteiger partial charge in [0.05, 0.1) is 24.6 Å². The van der Waals surface area contributed by atoms with E-state index in [0.717, 1.165) is 31.6 Å². The van der Waals surface area contributed by atoms with Gasteiger partial charge in [-0.2, -0.15) is 0 Å². The molecule has 0 bridgehead atoms. The average Bonchev–Trinajstić information content (AvgIpc) is 2.19. The van der Waals surface area contributed by atoms with Crippen molar-refractivity contribution in [3.8, 4) is 0 Å². The number of nitrogens with zero attached hydrogens (tertiary/aromatic N) is 1. The number of aliphatic hydroxyl groups is 2. The second kappa shape index (κ2) is 4.58. The van der Waals surface area contributed by atoms with E-state index in [1.54, 1.807) is 6.92 Å². The van der Waals surface area contributed by atoms with Crippen molar-refractivity contribution >= 4 is 5.84 Å². The molecule has 0 radical (unpaired) electrons. The van der Waals surface area contributed by atoms with Crippen molar-refractivity contribution in [1.29, 1.82) is 0 Å². The normalized spacial score (nSPS) is 18.2. The molecule has 0 fully saturated rings. The summed E-state index contributed by atoms with van der Waals surface area (Å²) >= 11 is 0. The molecule has 1 aliphatic rings. The third-order valence-corrected chi connectivity index (χ3v) is 2.27. The van der Waals surface area contributed by atoms with Crippen LogP contribution in [0.4, 0.5) is 0 Å². The van der Waals surface area contributed by atoms with Gasteiger partial charge in [0, 0.05) is 13.0 Å². The van der Waals surface area contributed by atoms with Crippen molar-refractivity contribution in [1.82, 2.24) is 5.32 Å². The second-order valence-corrected chi connectivity index (χ2v) is 3.79. The molecule has 3 N–H and O–H groups in total. The Morgan fingerprint density at radius 2 is 2.08 bits per heavy atom. The van der Waals surface area contributed by atoms with Gasteiger partial charge in [-0.15, -0.1) is 0 Å². The third kappa shape index (κ3) is 2.97. The smallest absolute Gasteiger partial charge is 0.0968 e. The number of rotatable bonds is 3. The van der Waals surface area contributed by atoms with Gasteiger partial charge in [-0.3, -0.25) is 4.99 Å². The first-order chi connectivity index (χ1) is 6.20. The lowest BCUT2D eigenvalue weighted by Crippen LogP contribution is -2.52. The summed E-state index contributed by atoms with van der Waals surface area (Å²) < 4.78 is 0. The summed E-state index contributed by atoms with van der Waals surface area (Å²) in [6.45, 7) is 2.48. The van der Waals surface area contributed by atoms with Crippen LogP contribution in [0.3, 0.4) is 0 Å². The van der Waals surface area contributed by atoms with Crippen molar-refractivity contribution in [2.45, 2.75) is 31.7 Å². The number of nitrogens with one attached hydrogen (secondary N) is 1. The number of aliphatic hydroxyl groups excluding tert-OH is 2. The van der Waals surface area contributed by atoms with Crippen LogP contribution < -0.4 is 5.32 Å². The van der Waals surface area contributed by atoms with Crippen molar-refractivity contribution in [3.05, 3.63) is 0 Å². The molecule has 0 amide bonds. The molecule has 13 heavy (non-hydrogen) atoms. The van der Waals surface area contributed by atoms with Crippen LogP contribution in [0.2, 0.25) is 0 Å². The van der Waals surface area contributed by atoms with Crippen LogP contribution >= 0.6 is 0 Å². The molecule has 0 unspecified atom stereocenters. The Bertz CT molecular complexity index is 188. The van der Waals surface area contributed by atoms with Crippen molar-refractivity contribution in [3.63, 3.8) is 0 Å². The summed E-state index contributed by atoms with van der Waals surface area (Å²) in [6, 6.07) is 0. The fraction of sp³-hybridized carbons (Fsp3) is 0.889. The fourth-order valence-corrected chi connectivity index (χ4v) is 1.28. The van der Waals surface area contributed by atoms with Crippen molar-refractivity contribution in [2.24, 2.45) is 4.99 Å². The van der Waals surface area contributed by atoms with Crippen LogP contribution in [0.1, 0.15) is 26.2 Å². The van der Waals surface area contributed by atoms with Crippen LogP contribution in [0.5, 0.6) is 0 Å². The minimum atomic E-state index is -0.629. The standard InChI is InChI=1S/C9H18N2O2/c1-9(6-12,7-13)11-8-4-2-3-5-10-8/h12-13H,2-7H2,1H3,(H,10,11). The zero-order chi connectivity index (χ0) is 9.73. The van der Waals surface area contributed by atoms with Gasteiger partial charge < -0.3 is 15.5 Å². The molecule has 1 aliphatic heterocycles. The van der Waals surface area contributed by atoms with Gasteiger partial charge in [0.2, 0.25) is 0 Å². The van der Waals surface area contributed by atoms with Gasteiger partial charge in [0.15, 0.2) is 0 Å². The summed E-state index contributed by atoms with van der Waals surface area (Å²) in [7, 11) is 0. The highest BCUT2D eigenvalue weighted by molar-refractivity contribution is 5.83. The maximum Gasteiger partial charge on any atom is 0.0968 e. The lowest BCUT2D eigenvalue weighted by Gasteiger charge is -2.29. The van der Waals surface area contributed by atoms with E-state index in [-0.39, 0.29) is 13.2 Å². The highest BCUT2D eigenvalue weighted by Gasteiger charge is 2.23. The van der Waals surface area contributed by atoms with E-state index in [9.17, 15) is 0 Å². The van der Waals surface area contributed by atoms with E-state index in [1.807, 2.05) is 0 Å². The zero-order valence-corrected chi connectivity index (χ0v) is 8.08. The van der Waals surface area contributed by atoms with Crippen molar-refractivity contribution < 1.29 is 10.2 Å². The predicted octanol–water partition coefficient (Wildman–Crippen LogP) is -0.0983. The molecule has 0 spiro atoms. The fourth-order valence-electron chi connectivity index (χ4n) is 1.28. The number of aliphatic imine (C=N–C) groups is 1. The SMILES string of the molecule is CC(CO)(CO)NC1=NCCCC1. The summed E-state index contributed by atoms with van der Waals surface area (Å²) in [5.41, 5.74) is -0.629. The Balaban J connectivity index is 2.49. The first-order valence-corrected chi connectivity index (χ1v) is 4.73. The van der Waals surface area contributed by atoms with Gasteiger partial charge in [-0.25, -0.2) is 0 Å². The maximum absolute atomic E-state index is 9.04. The topological polar surface area (TPSA) is 64.8 Å². The van der Waals surface area contributed by atoms with Crippen LogP contribution in [0.15, 0.2) is 4.99 Å². The quantitative estimate of drug-likeness (QED) is 0.577. The number of hydrogen-bond acceptors (Lipinski definition) is 4. The molecule has 1 rings (SSSR count). The first-order valence-electron chi connectivity index (χ1n) is 4.73. The van der Waals surface area contributed by atoms with Crippen LogP contribution in [-0.4, -0.2) is 41.3 Å². The molecular formula is C9H18N2O2. The van der Waals surface area contributed by atoms with E-state index >= 15 is 0 Å². The van der Waals surface area contributed by atoms with Gasteiger partial charge in [-0.1, -0.05) is 0 Å². The highest BCUT2D eigenvalue weighted by atomic mass is 16.3. The van der Waals surface area contributed by atoms with Gasteiger partial charge in [0.25, 0.3) is 0 Å². The second-order valence-electron chi connectivity index (χ2n) is 3.79. The summed E-state index contributed by atoms with van der Waals surface area (Å²) in [5.74, 6) is 0.914. The third-order valence-electron chi connectivity index (χ3n) is 2.27. The Morgan fingerprint density at radius 1 is 1.38 bits per heavy atom. The van der Waals surface area contributed by atoms with Crippen LogP contribution in [0, 0.1) is 0 Å². The van der Waals surface area contributed by atoms with Gasteiger partial charge in [0.1, 0.15) is 0 Å². The van der Waals surface area contributed by atoms with E-state index in [4.69, 9.17) is 10.2 Å². The van der Waals surface area contributed by atoms with E-state index < -0.39 is 5.54 Å². The summed E-state index contributed by atoms with van der Waals surface area (Å²) in [4.78, 5) is 4.29. The van der Waals surface area contributed by atoms with E-state index in [2.05, 4.69) is 10.3 Å². The largest absolute Gasteiger partial charge is 0.394 e. The molecule has 4 heteroatoms. The molecule has 1 heterocycles. The highest BCUT2D eigenvalue weighted by Crippen LogP contribution is 2.08. The lowest BCUT2D eigenvalue weighted by molar-refractivity contribution is 0.119. The predicted molar refractivity (Wildman–Crippen MR) is 51.9 cm³/mol. The summed E-state index contributed by atoms with van der Waals surface area (Å²) in [5, 5.41) is 21.2. The number of amidine groups is 1. The molecule has 0 aromatic carbocycles. The molecule has 0 saturated carbocycles. The lowest BCUT2D eigenvalue weighted by atomic mass is 10.0. The van der Waals surface area contributed by atoms with Crippen LogP contribution in [-0.2, 0) is 0 Å². The number of hydrogen-bond donors (Lipinski definition) is 3. The Hall–Kier alpha value is -0.610. The molecule has 4 nitrogen and oxygen atoms in total. The van der Waals surface area contributed by atoms with Crippen molar-refractivity contribution in [2.75, 3.05) is 19.8 Å². The molecule has 0 saturated heterocycles. The van der Waals surface area contributed by atoms with Gasteiger partial charge in [-0.05, 0) is 19.8 Å². The molecule has 0 aliphatic carbocycles.